The lowest BCUT2D eigenvalue weighted by Gasteiger charge is -2.04. The number of hydrogen-bond acceptors (Lipinski definition) is 3. The molecule has 0 radical (unpaired) electrons. The number of ether oxygens (including phenoxy) is 1. The summed E-state index contributed by atoms with van der Waals surface area (Å²) in [5.41, 5.74) is 0.928. The Labute approximate surface area is 108 Å². The molecule has 0 aliphatic heterocycles. The van der Waals surface area contributed by atoms with Crippen molar-refractivity contribution in [3.8, 4) is 11.5 Å². The van der Waals surface area contributed by atoms with Crippen LogP contribution in [-0.4, -0.2) is 4.98 Å². The van der Waals surface area contributed by atoms with Crippen LogP contribution in [0, 0.1) is 12.7 Å². The van der Waals surface area contributed by atoms with Gasteiger partial charge in [-0.05, 0) is 43.3 Å². The maximum atomic E-state index is 12.8. The largest absolute Gasteiger partial charge is 0.457 e. The van der Waals surface area contributed by atoms with E-state index in [0.717, 1.165) is 15.2 Å². The number of rotatable bonds is 2. The normalized spacial score (nSPS) is 10.8. The molecule has 0 atom stereocenters. The first-order chi connectivity index (χ1) is 8.70. The molecule has 0 unspecified atom stereocenters. The van der Waals surface area contributed by atoms with Gasteiger partial charge in [0, 0.05) is 6.07 Å². The minimum Gasteiger partial charge on any atom is -0.457 e. The van der Waals surface area contributed by atoms with E-state index in [9.17, 15) is 4.39 Å². The number of fused-ring (bicyclic) bond motifs is 1. The molecule has 90 valence electrons. The Balaban J connectivity index is 1.92. The Morgan fingerprint density at radius 2 is 1.78 bits per heavy atom. The first-order valence-electron chi connectivity index (χ1n) is 5.51. The van der Waals surface area contributed by atoms with Gasteiger partial charge in [-0.15, -0.1) is 11.3 Å². The minimum absolute atomic E-state index is 0.270. The Morgan fingerprint density at radius 1 is 1.06 bits per heavy atom. The topological polar surface area (TPSA) is 22.1 Å². The van der Waals surface area contributed by atoms with Crippen LogP contribution in [0.5, 0.6) is 11.5 Å². The molecule has 0 bridgehead atoms. The van der Waals surface area contributed by atoms with Crippen molar-refractivity contribution in [2.24, 2.45) is 0 Å². The lowest BCUT2D eigenvalue weighted by Crippen LogP contribution is -1.84. The third kappa shape index (κ3) is 2.19. The Bertz CT molecular complexity index is 691. The van der Waals surface area contributed by atoms with Crippen LogP contribution in [0.15, 0.2) is 42.5 Å². The highest BCUT2D eigenvalue weighted by Crippen LogP contribution is 2.28. The number of halogens is 1. The molecule has 3 rings (SSSR count). The van der Waals surface area contributed by atoms with Crippen LogP contribution >= 0.6 is 11.3 Å². The van der Waals surface area contributed by atoms with E-state index in [1.165, 1.54) is 12.1 Å². The monoisotopic (exact) mass is 259 g/mol. The van der Waals surface area contributed by atoms with Gasteiger partial charge in [0.05, 0.1) is 15.2 Å². The quantitative estimate of drug-likeness (QED) is 0.674. The van der Waals surface area contributed by atoms with E-state index in [4.69, 9.17) is 4.74 Å². The molecule has 1 heterocycles. The highest BCUT2D eigenvalue weighted by atomic mass is 32.1. The van der Waals surface area contributed by atoms with Gasteiger partial charge in [-0.1, -0.05) is 0 Å². The molecule has 0 aliphatic carbocycles. The zero-order valence-electron chi connectivity index (χ0n) is 9.68. The van der Waals surface area contributed by atoms with E-state index in [2.05, 4.69) is 4.98 Å². The first-order valence-corrected chi connectivity index (χ1v) is 6.33. The molecule has 0 aliphatic rings. The average Bonchev–Trinajstić information content (AvgIpc) is 2.71. The SMILES string of the molecule is Cc1nc2cc(Oc3ccc(F)cc3)ccc2s1. The van der Waals surface area contributed by atoms with Gasteiger partial charge in [0.2, 0.25) is 0 Å². The molecule has 0 saturated carbocycles. The van der Waals surface area contributed by atoms with Gasteiger partial charge in [0.25, 0.3) is 0 Å². The van der Waals surface area contributed by atoms with E-state index < -0.39 is 0 Å². The zero-order chi connectivity index (χ0) is 12.5. The lowest BCUT2D eigenvalue weighted by atomic mass is 10.3. The molecular formula is C14H10FNOS. The molecule has 0 saturated heterocycles. The van der Waals surface area contributed by atoms with Crippen LogP contribution in [0.2, 0.25) is 0 Å². The molecule has 18 heavy (non-hydrogen) atoms. The Kier molecular flexibility index (Phi) is 2.72. The van der Waals surface area contributed by atoms with Gasteiger partial charge in [-0.3, -0.25) is 0 Å². The van der Waals surface area contributed by atoms with Crippen LogP contribution in [0.3, 0.4) is 0 Å². The molecule has 3 aromatic rings. The molecular weight excluding hydrogens is 249 g/mol. The highest BCUT2D eigenvalue weighted by molar-refractivity contribution is 7.18. The number of aromatic nitrogens is 1. The predicted molar refractivity (Wildman–Crippen MR) is 70.8 cm³/mol. The average molecular weight is 259 g/mol. The van der Waals surface area contributed by atoms with E-state index in [-0.39, 0.29) is 5.82 Å². The molecule has 4 heteroatoms. The van der Waals surface area contributed by atoms with Crippen molar-refractivity contribution in [1.29, 1.82) is 0 Å². The van der Waals surface area contributed by atoms with Gasteiger partial charge >= 0.3 is 0 Å². The molecule has 0 fully saturated rings. The molecule has 0 amide bonds. The van der Waals surface area contributed by atoms with Gasteiger partial charge in [0.1, 0.15) is 17.3 Å². The molecule has 0 N–H and O–H groups in total. The van der Waals surface area contributed by atoms with Gasteiger partial charge in [0.15, 0.2) is 0 Å². The van der Waals surface area contributed by atoms with Crippen molar-refractivity contribution in [2.45, 2.75) is 6.92 Å². The fraction of sp³-hybridized carbons (Fsp3) is 0.0714. The zero-order valence-corrected chi connectivity index (χ0v) is 10.5. The molecule has 2 aromatic carbocycles. The summed E-state index contributed by atoms with van der Waals surface area (Å²) < 4.78 is 19.6. The summed E-state index contributed by atoms with van der Waals surface area (Å²) in [6, 6.07) is 11.7. The fourth-order valence-corrected chi connectivity index (χ4v) is 2.53. The van der Waals surface area contributed by atoms with Crippen molar-refractivity contribution in [2.75, 3.05) is 0 Å². The summed E-state index contributed by atoms with van der Waals surface area (Å²) >= 11 is 1.65. The summed E-state index contributed by atoms with van der Waals surface area (Å²) in [4.78, 5) is 4.41. The molecule has 2 nitrogen and oxygen atoms in total. The molecule has 1 aromatic heterocycles. The lowest BCUT2D eigenvalue weighted by molar-refractivity contribution is 0.481. The van der Waals surface area contributed by atoms with Crippen LogP contribution in [0.4, 0.5) is 4.39 Å². The van der Waals surface area contributed by atoms with Crippen LogP contribution in [0.25, 0.3) is 10.2 Å². The Morgan fingerprint density at radius 3 is 2.56 bits per heavy atom. The second kappa shape index (κ2) is 4.38. The van der Waals surface area contributed by atoms with Gasteiger partial charge < -0.3 is 4.74 Å². The van der Waals surface area contributed by atoms with Crippen molar-refractivity contribution >= 4 is 21.6 Å². The number of thiazole rings is 1. The summed E-state index contributed by atoms with van der Waals surface area (Å²) in [7, 11) is 0. The number of nitrogens with zero attached hydrogens (tertiary/aromatic N) is 1. The number of aryl methyl sites for hydroxylation is 1. The van der Waals surface area contributed by atoms with Gasteiger partial charge in [-0.25, -0.2) is 9.37 Å². The minimum atomic E-state index is -0.270. The summed E-state index contributed by atoms with van der Waals surface area (Å²) in [6.45, 7) is 1.98. The third-order valence-corrected chi connectivity index (χ3v) is 3.47. The maximum absolute atomic E-state index is 12.8. The summed E-state index contributed by atoms with van der Waals surface area (Å²) in [5, 5.41) is 1.03. The maximum Gasteiger partial charge on any atom is 0.129 e. The van der Waals surface area contributed by atoms with E-state index in [1.54, 1.807) is 23.5 Å². The number of benzene rings is 2. The van der Waals surface area contributed by atoms with E-state index >= 15 is 0 Å². The standard InChI is InChI=1S/C14H10FNOS/c1-9-16-13-8-12(6-7-14(13)18-9)17-11-4-2-10(15)3-5-11/h2-8H,1H3. The van der Waals surface area contributed by atoms with Crippen LogP contribution in [0.1, 0.15) is 5.01 Å². The summed E-state index contributed by atoms with van der Waals surface area (Å²) in [5.74, 6) is 1.05. The molecule has 0 spiro atoms. The van der Waals surface area contributed by atoms with Crippen molar-refractivity contribution < 1.29 is 9.13 Å². The third-order valence-electron chi connectivity index (χ3n) is 2.52. The van der Waals surface area contributed by atoms with Crippen molar-refractivity contribution in [3.63, 3.8) is 0 Å². The van der Waals surface area contributed by atoms with Crippen molar-refractivity contribution in [3.05, 3.63) is 53.3 Å². The first kappa shape index (κ1) is 11.2. The van der Waals surface area contributed by atoms with Gasteiger partial charge in [-0.2, -0.15) is 0 Å². The highest BCUT2D eigenvalue weighted by Gasteiger charge is 2.03. The smallest absolute Gasteiger partial charge is 0.129 e. The second-order valence-electron chi connectivity index (χ2n) is 3.92. The predicted octanol–water partition coefficient (Wildman–Crippen LogP) is 4.54. The summed E-state index contributed by atoms with van der Waals surface area (Å²) in [6.07, 6.45) is 0. The fourth-order valence-electron chi connectivity index (χ4n) is 1.72. The number of hydrogen-bond donors (Lipinski definition) is 0. The van der Waals surface area contributed by atoms with Crippen LogP contribution < -0.4 is 4.74 Å². The van der Waals surface area contributed by atoms with Crippen molar-refractivity contribution in [1.82, 2.24) is 4.98 Å². The Hall–Kier alpha value is -1.94. The van der Waals surface area contributed by atoms with E-state index in [1.807, 2.05) is 25.1 Å². The second-order valence-corrected chi connectivity index (χ2v) is 5.15. The van der Waals surface area contributed by atoms with Crippen LogP contribution in [-0.2, 0) is 0 Å². The van der Waals surface area contributed by atoms with E-state index in [0.29, 0.717) is 11.5 Å².